The zero-order chi connectivity index (χ0) is 13.1. The number of anilines is 2. The molecule has 0 aliphatic heterocycles. The van der Waals surface area contributed by atoms with E-state index >= 15 is 0 Å². The minimum atomic E-state index is -1.00. The van der Waals surface area contributed by atoms with Crippen LogP contribution in [0.2, 0.25) is 0 Å². The summed E-state index contributed by atoms with van der Waals surface area (Å²) in [6, 6.07) is 1.68. The summed E-state index contributed by atoms with van der Waals surface area (Å²) in [7, 11) is 0. The number of nitrogens with one attached hydrogen (secondary N) is 1. The molecule has 5 nitrogen and oxygen atoms in total. The van der Waals surface area contributed by atoms with Crippen LogP contribution in [0.3, 0.4) is 0 Å². The molecule has 1 aromatic heterocycles. The molecule has 0 spiro atoms. The van der Waals surface area contributed by atoms with E-state index < -0.39 is 5.97 Å². The van der Waals surface area contributed by atoms with Gasteiger partial charge in [-0.2, -0.15) is 0 Å². The number of rotatable bonds is 4. The summed E-state index contributed by atoms with van der Waals surface area (Å²) >= 11 is 0. The fourth-order valence-electron chi connectivity index (χ4n) is 2.55. The fraction of sp³-hybridized carbons (Fsp3) is 0.538. The third kappa shape index (κ3) is 2.72. The third-order valence-electron chi connectivity index (χ3n) is 3.61. The number of nitrogens with two attached hydrogens (primary N) is 1. The predicted molar refractivity (Wildman–Crippen MR) is 70.7 cm³/mol. The van der Waals surface area contributed by atoms with Crippen LogP contribution in [0.25, 0.3) is 0 Å². The van der Waals surface area contributed by atoms with Crippen LogP contribution in [0.15, 0.2) is 12.3 Å². The van der Waals surface area contributed by atoms with Gasteiger partial charge in [-0.05, 0) is 31.7 Å². The van der Waals surface area contributed by atoms with Crippen molar-refractivity contribution in [2.24, 2.45) is 5.92 Å². The summed E-state index contributed by atoms with van der Waals surface area (Å²) in [5.74, 6) is 0.0121. The van der Waals surface area contributed by atoms with Gasteiger partial charge in [0.05, 0.1) is 11.9 Å². The van der Waals surface area contributed by atoms with Crippen molar-refractivity contribution < 1.29 is 9.90 Å². The fourth-order valence-corrected chi connectivity index (χ4v) is 2.55. The van der Waals surface area contributed by atoms with E-state index in [1.807, 2.05) is 0 Å². The van der Waals surface area contributed by atoms with Crippen LogP contribution in [-0.2, 0) is 0 Å². The van der Waals surface area contributed by atoms with E-state index in [1.54, 1.807) is 0 Å². The highest BCUT2D eigenvalue weighted by molar-refractivity contribution is 5.94. The van der Waals surface area contributed by atoms with Gasteiger partial charge >= 0.3 is 5.97 Å². The molecule has 0 saturated heterocycles. The van der Waals surface area contributed by atoms with Gasteiger partial charge < -0.3 is 16.2 Å². The molecular formula is C13H19N3O2. The average Bonchev–Trinajstić information content (AvgIpc) is 2.84. The molecule has 0 amide bonds. The number of nitrogen functional groups attached to an aromatic ring is 1. The second-order valence-corrected chi connectivity index (χ2v) is 4.95. The molecule has 1 heterocycles. The standard InChI is InChI=1S/C13H19N3O2/c1-8(9-4-2-3-5-9)16-12-11(13(17)18)6-10(14)7-15-12/h6-9H,2-5,14H2,1H3,(H,15,16)(H,17,18). The van der Waals surface area contributed by atoms with E-state index in [0.717, 1.165) is 0 Å². The lowest BCUT2D eigenvalue weighted by Gasteiger charge is -2.21. The maximum Gasteiger partial charge on any atom is 0.339 e. The van der Waals surface area contributed by atoms with E-state index in [9.17, 15) is 4.79 Å². The van der Waals surface area contributed by atoms with Crippen molar-refractivity contribution in [1.82, 2.24) is 4.98 Å². The summed E-state index contributed by atoms with van der Waals surface area (Å²) in [5.41, 5.74) is 6.07. The minimum absolute atomic E-state index is 0.139. The Labute approximate surface area is 106 Å². The van der Waals surface area contributed by atoms with E-state index in [-0.39, 0.29) is 11.6 Å². The summed E-state index contributed by atoms with van der Waals surface area (Å²) in [6.45, 7) is 2.08. The number of hydrogen-bond donors (Lipinski definition) is 3. The molecular weight excluding hydrogens is 230 g/mol. The van der Waals surface area contributed by atoms with E-state index in [1.165, 1.54) is 37.9 Å². The second-order valence-electron chi connectivity index (χ2n) is 4.95. The normalized spacial score (nSPS) is 17.6. The lowest BCUT2D eigenvalue weighted by atomic mass is 9.99. The zero-order valence-electron chi connectivity index (χ0n) is 10.5. The maximum absolute atomic E-state index is 11.1. The van der Waals surface area contributed by atoms with Crippen LogP contribution in [0.5, 0.6) is 0 Å². The highest BCUT2D eigenvalue weighted by Crippen LogP contribution is 2.29. The van der Waals surface area contributed by atoms with Crippen LogP contribution in [0, 0.1) is 5.92 Å². The molecule has 1 aromatic rings. The summed E-state index contributed by atoms with van der Waals surface area (Å²) in [5, 5.41) is 12.3. The van der Waals surface area contributed by atoms with Crippen LogP contribution in [-0.4, -0.2) is 22.1 Å². The first-order chi connectivity index (χ1) is 8.58. The van der Waals surface area contributed by atoms with E-state index in [4.69, 9.17) is 10.8 Å². The third-order valence-corrected chi connectivity index (χ3v) is 3.61. The Bertz CT molecular complexity index is 442. The number of nitrogens with zero attached hydrogens (tertiary/aromatic N) is 1. The van der Waals surface area contributed by atoms with Crippen LogP contribution >= 0.6 is 0 Å². The Kier molecular flexibility index (Phi) is 3.69. The van der Waals surface area contributed by atoms with E-state index in [2.05, 4.69) is 17.2 Å². The highest BCUT2D eigenvalue weighted by atomic mass is 16.4. The number of carboxylic acids is 1. The Morgan fingerprint density at radius 3 is 2.83 bits per heavy atom. The molecule has 1 aliphatic rings. The zero-order valence-corrected chi connectivity index (χ0v) is 10.5. The molecule has 1 saturated carbocycles. The number of pyridine rings is 1. The monoisotopic (exact) mass is 249 g/mol. The molecule has 2 rings (SSSR count). The van der Waals surface area contributed by atoms with Gasteiger partial charge in [-0.25, -0.2) is 9.78 Å². The number of carboxylic acid groups (broad SMARTS) is 1. The van der Waals surface area contributed by atoms with Gasteiger partial charge in [0.25, 0.3) is 0 Å². The predicted octanol–water partition coefficient (Wildman–Crippen LogP) is 2.35. The summed E-state index contributed by atoms with van der Waals surface area (Å²) < 4.78 is 0. The Morgan fingerprint density at radius 1 is 1.56 bits per heavy atom. The number of aromatic nitrogens is 1. The van der Waals surface area contributed by atoms with Gasteiger partial charge in [0.1, 0.15) is 11.4 Å². The molecule has 1 unspecified atom stereocenters. The smallest absolute Gasteiger partial charge is 0.339 e. The maximum atomic E-state index is 11.1. The molecule has 18 heavy (non-hydrogen) atoms. The quantitative estimate of drug-likeness (QED) is 0.762. The largest absolute Gasteiger partial charge is 0.478 e. The Morgan fingerprint density at radius 2 is 2.22 bits per heavy atom. The van der Waals surface area contributed by atoms with Gasteiger partial charge in [-0.15, -0.1) is 0 Å². The van der Waals surface area contributed by atoms with E-state index in [0.29, 0.717) is 17.4 Å². The molecule has 1 fully saturated rings. The van der Waals surface area contributed by atoms with Gasteiger partial charge in [0, 0.05) is 6.04 Å². The molecule has 1 aliphatic carbocycles. The molecule has 0 bridgehead atoms. The van der Waals surface area contributed by atoms with Crippen molar-refractivity contribution in [2.75, 3.05) is 11.1 Å². The SMILES string of the molecule is CC(Nc1ncc(N)cc1C(=O)O)C1CCCC1. The second kappa shape index (κ2) is 5.25. The number of carbonyl (C=O) groups is 1. The summed E-state index contributed by atoms with van der Waals surface area (Å²) in [6.07, 6.45) is 6.41. The minimum Gasteiger partial charge on any atom is -0.478 e. The van der Waals surface area contributed by atoms with Gasteiger partial charge in [-0.3, -0.25) is 0 Å². The topological polar surface area (TPSA) is 88.2 Å². The first kappa shape index (κ1) is 12.7. The Hall–Kier alpha value is -1.78. The Balaban J connectivity index is 2.15. The van der Waals surface area contributed by atoms with Crippen LogP contribution in [0.4, 0.5) is 11.5 Å². The number of aromatic carboxylic acids is 1. The van der Waals surface area contributed by atoms with Crippen molar-refractivity contribution in [1.29, 1.82) is 0 Å². The lowest BCUT2D eigenvalue weighted by molar-refractivity contribution is 0.0697. The van der Waals surface area contributed by atoms with Crippen LogP contribution in [0.1, 0.15) is 43.0 Å². The van der Waals surface area contributed by atoms with Crippen molar-refractivity contribution >= 4 is 17.5 Å². The van der Waals surface area contributed by atoms with Crippen molar-refractivity contribution in [2.45, 2.75) is 38.6 Å². The highest BCUT2D eigenvalue weighted by Gasteiger charge is 2.23. The lowest BCUT2D eigenvalue weighted by Crippen LogP contribution is -2.25. The van der Waals surface area contributed by atoms with Gasteiger partial charge in [0.15, 0.2) is 0 Å². The first-order valence-corrected chi connectivity index (χ1v) is 6.33. The number of hydrogen-bond acceptors (Lipinski definition) is 4. The van der Waals surface area contributed by atoms with Crippen molar-refractivity contribution in [3.8, 4) is 0 Å². The molecule has 0 aromatic carbocycles. The first-order valence-electron chi connectivity index (χ1n) is 6.33. The molecule has 0 radical (unpaired) electrons. The molecule has 98 valence electrons. The van der Waals surface area contributed by atoms with Crippen molar-refractivity contribution in [3.63, 3.8) is 0 Å². The molecule has 1 atom stereocenters. The van der Waals surface area contributed by atoms with Gasteiger partial charge in [0.2, 0.25) is 0 Å². The van der Waals surface area contributed by atoms with Crippen LogP contribution < -0.4 is 11.1 Å². The molecule has 4 N–H and O–H groups in total. The van der Waals surface area contributed by atoms with Crippen molar-refractivity contribution in [3.05, 3.63) is 17.8 Å². The average molecular weight is 249 g/mol. The molecule has 5 heteroatoms. The van der Waals surface area contributed by atoms with Gasteiger partial charge in [-0.1, -0.05) is 12.8 Å². The summed E-state index contributed by atoms with van der Waals surface area (Å²) in [4.78, 5) is 15.2.